The van der Waals surface area contributed by atoms with Gasteiger partial charge in [0.05, 0.1) is 10.6 Å². The van der Waals surface area contributed by atoms with Crippen LogP contribution in [0.15, 0.2) is 46.9 Å². The second kappa shape index (κ2) is 8.91. The molecule has 0 spiro atoms. The van der Waals surface area contributed by atoms with Crippen LogP contribution in [0.3, 0.4) is 0 Å². The summed E-state index contributed by atoms with van der Waals surface area (Å²) < 4.78 is 0. The largest absolute Gasteiger partial charge is 0.383 e. The van der Waals surface area contributed by atoms with Gasteiger partial charge < -0.3 is 15.6 Å². The van der Waals surface area contributed by atoms with Crippen LogP contribution in [0.2, 0.25) is 0 Å². The number of nitrogens with two attached hydrogens (primary N) is 1. The van der Waals surface area contributed by atoms with Crippen LogP contribution in [-0.4, -0.2) is 35.9 Å². The number of halogens is 2. The van der Waals surface area contributed by atoms with Gasteiger partial charge in [-0.15, -0.1) is 36.2 Å². The van der Waals surface area contributed by atoms with E-state index in [0.717, 1.165) is 10.6 Å². The fourth-order valence-corrected chi connectivity index (χ4v) is 4.10. The van der Waals surface area contributed by atoms with Crippen LogP contribution >= 0.6 is 36.2 Å². The molecule has 0 saturated carbocycles. The Morgan fingerprint density at radius 2 is 2.00 bits per heavy atom. The molecule has 2 aromatic heterocycles. The van der Waals surface area contributed by atoms with Crippen LogP contribution in [0.25, 0.3) is 10.9 Å². The first-order valence-electron chi connectivity index (χ1n) is 8.38. The third kappa shape index (κ3) is 4.23. The summed E-state index contributed by atoms with van der Waals surface area (Å²) in [5.41, 5.74) is 9.65. The van der Waals surface area contributed by atoms with E-state index < -0.39 is 0 Å². The highest BCUT2D eigenvalue weighted by atomic mass is 35.5. The maximum Gasteiger partial charge on any atom is 0.141 e. The van der Waals surface area contributed by atoms with Gasteiger partial charge in [-0.25, -0.2) is 4.99 Å². The zero-order chi connectivity index (χ0) is 16.5. The van der Waals surface area contributed by atoms with Crippen molar-refractivity contribution in [2.24, 2.45) is 10.7 Å². The molecule has 7 heteroatoms. The van der Waals surface area contributed by atoms with Gasteiger partial charge in [0.1, 0.15) is 5.84 Å². The van der Waals surface area contributed by atoms with Gasteiger partial charge in [-0.1, -0.05) is 6.07 Å². The maximum atomic E-state index is 6.13. The molecule has 3 N–H and O–H groups in total. The standard InChI is InChI=1S/C19H22N4S.2ClH/c1-23-8-6-13(7-9-23)16-12-21-17-5-4-14(11-15(16)17)22-19(20)18-3-2-10-24-18;;/h2-5,10-13,21H,6-9H2,1H3,(H2,20,22);2*1H. The number of rotatable bonds is 3. The second-order valence-corrected chi connectivity index (χ2v) is 7.47. The topological polar surface area (TPSA) is 57.4 Å². The number of hydrogen-bond acceptors (Lipinski definition) is 3. The van der Waals surface area contributed by atoms with Crippen molar-refractivity contribution in [2.45, 2.75) is 18.8 Å². The Bertz CT molecular complexity index is 865. The maximum absolute atomic E-state index is 6.13. The zero-order valence-electron chi connectivity index (χ0n) is 14.6. The van der Waals surface area contributed by atoms with E-state index in [0.29, 0.717) is 11.8 Å². The van der Waals surface area contributed by atoms with Crippen LogP contribution in [0.1, 0.15) is 29.2 Å². The van der Waals surface area contributed by atoms with Crippen molar-refractivity contribution in [1.82, 2.24) is 9.88 Å². The molecule has 26 heavy (non-hydrogen) atoms. The van der Waals surface area contributed by atoms with Crippen molar-refractivity contribution >= 4 is 58.6 Å². The monoisotopic (exact) mass is 410 g/mol. The van der Waals surface area contributed by atoms with Crippen LogP contribution in [-0.2, 0) is 0 Å². The number of benzene rings is 1. The van der Waals surface area contributed by atoms with E-state index in [1.807, 2.05) is 23.6 Å². The third-order valence-electron chi connectivity index (χ3n) is 4.88. The Labute approximate surface area is 170 Å². The quantitative estimate of drug-likeness (QED) is 0.475. The smallest absolute Gasteiger partial charge is 0.141 e. The highest BCUT2D eigenvalue weighted by molar-refractivity contribution is 7.12. The number of aromatic nitrogens is 1. The van der Waals surface area contributed by atoms with Crippen LogP contribution in [0, 0.1) is 0 Å². The Morgan fingerprint density at radius 1 is 1.23 bits per heavy atom. The number of aromatic amines is 1. The van der Waals surface area contributed by atoms with Crippen molar-refractivity contribution in [3.05, 3.63) is 52.3 Å². The van der Waals surface area contributed by atoms with E-state index in [-0.39, 0.29) is 24.8 Å². The number of likely N-dealkylation sites (tertiary alicyclic amines) is 1. The molecule has 1 fully saturated rings. The fraction of sp³-hybridized carbons (Fsp3) is 0.316. The third-order valence-corrected chi connectivity index (χ3v) is 5.77. The number of nitrogens with one attached hydrogen (secondary N) is 1. The minimum atomic E-state index is 0. The number of amidine groups is 1. The van der Waals surface area contributed by atoms with Crippen molar-refractivity contribution < 1.29 is 0 Å². The summed E-state index contributed by atoms with van der Waals surface area (Å²) in [7, 11) is 2.20. The van der Waals surface area contributed by atoms with Crippen molar-refractivity contribution in [3.63, 3.8) is 0 Å². The Hall–Kier alpha value is -1.53. The predicted molar refractivity (Wildman–Crippen MR) is 117 cm³/mol. The van der Waals surface area contributed by atoms with Gasteiger partial charge >= 0.3 is 0 Å². The van der Waals surface area contributed by atoms with E-state index in [9.17, 15) is 0 Å². The number of thiophene rings is 1. The molecular formula is C19H24Cl2N4S. The summed E-state index contributed by atoms with van der Waals surface area (Å²) in [4.78, 5) is 11.4. The molecule has 1 aliphatic rings. The first-order valence-corrected chi connectivity index (χ1v) is 9.26. The molecule has 1 saturated heterocycles. The molecule has 0 unspecified atom stereocenters. The fourth-order valence-electron chi connectivity index (χ4n) is 3.48. The molecule has 0 radical (unpaired) electrons. The van der Waals surface area contributed by atoms with Gasteiger partial charge in [0.2, 0.25) is 0 Å². The van der Waals surface area contributed by atoms with E-state index in [4.69, 9.17) is 5.73 Å². The van der Waals surface area contributed by atoms with Crippen molar-refractivity contribution in [2.75, 3.05) is 20.1 Å². The summed E-state index contributed by atoms with van der Waals surface area (Å²) in [6, 6.07) is 10.3. The summed E-state index contributed by atoms with van der Waals surface area (Å²) in [5, 5.41) is 3.30. The second-order valence-electron chi connectivity index (χ2n) is 6.53. The minimum absolute atomic E-state index is 0. The van der Waals surface area contributed by atoms with E-state index >= 15 is 0 Å². The van der Waals surface area contributed by atoms with Gasteiger partial charge in [0.15, 0.2) is 0 Å². The van der Waals surface area contributed by atoms with Crippen molar-refractivity contribution in [3.8, 4) is 0 Å². The molecule has 3 aromatic rings. The molecule has 0 bridgehead atoms. The Balaban J connectivity index is 0.00000121. The number of aliphatic imine (C=N–C) groups is 1. The van der Waals surface area contributed by atoms with Crippen LogP contribution in [0.5, 0.6) is 0 Å². The van der Waals surface area contributed by atoms with Crippen molar-refractivity contribution in [1.29, 1.82) is 0 Å². The Kier molecular flexibility index (Phi) is 7.12. The molecule has 3 heterocycles. The first kappa shape index (κ1) is 20.8. The van der Waals surface area contributed by atoms with E-state index in [1.54, 1.807) is 11.3 Å². The molecule has 4 nitrogen and oxygen atoms in total. The molecule has 0 amide bonds. The lowest BCUT2D eigenvalue weighted by Gasteiger charge is -2.28. The molecule has 0 aliphatic carbocycles. The molecule has 0 atom stereocenters. The van der Waals surface area contributed by atoms with E-state index in [2.05, 4.69) is 40.3 Å². The number of piperidine rings is 1. The van der Waals surface area contributed by atoms with Gasteiger partial charge in [-0.3, -0.25) is 0 Å². The molecule has 1 aliphatic heterocycles. The van der Waals surface area contributed by atoms with E-state index in [1.165, 1.54) is 42.4 Å². The number of H-pyrrole nitrogens is 1. The summed E-state index contributed by atoms with van der Waals surface area (Å²) in [6.07, 6.45) is 4.61. The lowest BCUT2D eigenvalue weighted by atomic mass is 9.89. The number of nitrogens with zero attached hydrogens (tertiary/aromatic N) is 2. The lowest BCUT2D eigenvalue weighted by molar-refractivity contribution is 0.256. The highest BCUT2D eigenvalue weighted by Gasteiger charge is 2.21. The number of fused-ring (bicyclic) bond motifs is 1. The first-order chi connectivity index (χ1) is 11.7. The van der Waals surface area contributed by atoms with Gasteiger partial charge in [-0.2, -0.15) is 0 Å². The molecule has 4 rings (SSSR count). The lowest BCUT2D eigenvalue weighted by Crippen LogP contribution is -2.29. The van der Waals surface area contributed by atoms with Gasteiger partial charge in [0, 0.05) is 17.1 Å². The van der Waals surface area contributed by atoms with Gasteiger partial charge in [0.25, 0.3) is 0 Å². The number of hydrogen-bond donors (Lipinski definition) is 2. The van der Waals surface area contributed by atoms with Crippen LogP contribution < -0.4 is 5.73 Å². The summed E-state index contributed by atoms with van der Waals surface area (Å²) in [5.74, 6) is 1.21. The van der Waals surface area contributed by atoms with Gasteiger partial charge in [-0.05, 0) is 74.1 Å². The average Bonchev–Trinajstić information content (AvgIpc) is 3.25. The zero-order valence-corrected chi connectivity index (χ0v) is 17.1. The Morgan fingerprint density at radius 3 is 2.69 bits per heavy atom. The average molecular weight is 411 g/mol. The van der Waals surface area contributed by atoms with Crippen LogP contribution in [0.4, 0.5) is 5.69 Å². The summed E-state index contributed by atoms with van der Waals surface area (Å²) in [6.45, 7) is 2.33. The predicted octanol–water partition coefficient (Wildman–Crippen LogP) is 4.92. The highest BCUT2D eigenvalue weighted by Crippen LogP contribution is 2.34. The summed E-state index contributed by atoms with van der Waals surface area (Å²) >= 11 is 1.62. The molecule has 1 aromatic carbocycles. The SMILES string of the molecule is CN1CCC(c2c[nH]c3ccc(N=C(N)c4cccs4)cc23)CC1.Cl.Cl. The normalized spacial score (nSPS) is 16.3. The molecule has 140 valence electrons. The minimum Gasteiger partial charge on any atom is -0.383 e. The molecular weight excluding hydrogens is 387 g/mol.